The Morgan fingerprint density at radius 1 is 1.41 bits per heavy atom. The number of carbonyl (C=O) groups excluding carboxylic acids is 1. The molecule has 0 radical (unpaired) electrons. The molecule has 1 aliphatic heterocycles. The molecule has 1 aliphatic rings. The fourth-order valence-corrected chi connectivity index (χ4v) is 2.78. The summed E-state index contributed by atoms with van der Waals surface area (Å²) in [5, 5.41) is 3.85. The molecule has 1 fully saturated rings. The molecule has 0 aliphatic carbocycles. The van der Waals surface area contributed by atoms with Crippen LogP contribution in [-0.2, 0) is 11.3 Å². The Balaban J connectivity index is 1.72. The van der Waals surface area contributed by atoms with Crippen LogP contribution in [0.4, 0.5) is 0 Å². The number of nitrogens with zero attached hydrogens (tertiary/aromatic N) is 4. The quantitative estimate of drug-likeness (QED) is 0.794. The predicted molar refractivity (Wildman–Crippen MR) is 85.5 cm³/mol. The van der Waals surface area contributed by atoms with Crippen molar-refractivity contribution in [3.8, 4) is 0 Å². The number of carbonyl (C=O) groups is 1. The van der Waals surface area contributed by atoms with Gasteiger partial charge in [0.05, 0.1) is 12.2 Å². The highest BCUT2D eigenvalue weighted by atomic mass is 16.5. The van der Waals surface area contributed by atoms with Crippen LogP contribution in [0.25, 0.3) is 0 Å². The zero-order valence-corrected chi connectivity index (χ0v) is 14.2. The van der Waals surface area contributed by atoms with Gasteiger partial charge in [-0.2, -0.15) is 0 Å². The zero-order valence-electron chi connectivity index (χ0n) is 14.2. The SMILES string of the molecule is Cc1cc(CN(C)C(=O)CC[C@@H](C)N2CCN(C)CC2)on1. The monoisotopic (exact) mass is 308 g/mol. The maximum Gasteiger partial charge on any atom is 0.222 e. The lowest BCUT2D eigenvalue weighted by molar-refractivity contribution is -0.131. The second-order valence-corrected chi connectivity index (χ2v) is 6.41. The van der Waals surface area contributed by atoms with E-state index in [4.69, 9.17) is 4.52 Å². The molecule has 1 aromatic rings. The average molecular weight is 308 g/mol. The highest BCUT2D eigenvalue weighted by Crippen LogP contribution is 2.12. The van der Waals surface area contributed by atoms with Crippen LogP contribution in [0.5, 0.6) is 0 Å². The third-order valence-electron chi connectivity index (χ3n) is 4.43. The number of likely N-dealkylation sites (N-methyl/N-ethyl adjacent to an activating group) is 1. The molecule has 0 bridgehead atoms. The number of hydrogen-bond donors (Lipinski definition) is 0. The number of hydrogen-bond acceptors (Lipinski definition) is 5. The molecule has 2 heterocycles. The van der Waals surface area contributed by atoms with Gasteiger partial charge < -0.3 is 14.3 Å². The maximum atomic E-state index is 12.2. The molecule has 124 valence electrons. The lowest BCUT2D eigenvalue weighted by Gasteiger charge is -2.36. The molecule has 1 amide bonds. The van der Waals surface area contributed by atoms with E-state index in [1.165, 1.54) is 0 Å². The highest BCUT2D eigenvalue weighted by molar-refractivity contribution is 5.75. The van der Waals surface area contributed by atoms with Crippen molar-refractivity contribution in [1.82, 2.24) is 19.9 Å². The van der Waals surface area contributed by atoms with Crippen LogP contribution in [0.2, 0.25) is 0 Å². The molecule has 6 nitrogen and oxygen atoms in total. The predicted octanol–water partition coefficient (Wildman–Crippen LogP) is 1.36. The van der Waals surface area contributed by atoms with E-state index in [0.717, 1.165) is 44.1 Å². The number of aryl methyl sites for hydroxylation is 1. The van der Waals surface area contributed by atoms with E-state index >= 15 is 0 Å². The second-order valence-electron chi connectivity index (χ2n) is 6.41. The number of amides is 1. The summed E-state index contributed by atoms with van der Waals surface area (Å²) in [6.07, 6.45) is 1.49. The van der Waals surface area contributed by atoms with Gasteiger partial charge in [-0.05, 0) is 27.3 Å². The number of aromatic nitrogens is 1. The summed E-state index contributed by atoms with van der Waals surface area (Å²) in [5.41, 5.74) is 0.847. The third-order valence-corrected chi connectivity index (χ3v) is 4.43. The molecule has 0 spiro atoms. The summed E-state index contributed by atoms with van der Waals surface area (Å²) in [7, 11) is 3.98. The largest absolute Gasteiger partial charge is 0.359 e. The summed E-state index contributed by atoms with van der Waals surface area (Å²) in [4.78, 5) is 18.8. The molecule has 2 rings (SSSR count). The third kappa shape index (κ3) is 4.81. The molecule has 0 unspecified atom stereocenters. The van der Waals surface area contributed by atoms with Crippen molar-refractivity contribution in [3.63, 3.8) is 0 Å². The topological polar surface area (TPSA) is 52.8 Å². The van der Waals surface area contributed by atoms with Crippen LogP contribution in [0.3, 0.4) is 0 Å². The van der Waals surface area contributed by atoms with E-state index < -0.39 is 0 Å². The first-order valence-corrected chi connectivity index (χ1v) is 8.04. The van der Waals surface area contributed by atoms with Gasteiger partial charge in [0.2, 0.25) is 5.91 Å². The number of rotatable bonds is 6. The van der Waals surface area contributed by atoms with Gasteiger partial charge in [0.15, 0.2) is 5.76 Å². The summed E-state index contributed by atoms with van der Waals surface area (Å²) in [6, 6.07) is 2.33. The van der Waals surface area contributed by atoms with E-state index in [-0.39, 0.29) is 5.91 Å². The Kier molecular flexibility index (Phi) is 5.97. The van der Waals surface area contributed by atoms with Crippen molar-refractivity contribution in [2.24, 2.45) is 0 Å². The Morgan fingerprint density at radius 3 is 2.68 bits per heavy atom. The van der Waals surface area contributed by atoms with Gasteiger partial charge in [-0.1, -0.05) is 5.16 Å². The summed E-state index contributed by atoms with van der Waals surface area (Å²) in [5.74, 6) is 0.899. The standard InChI is InChI=1S/C16H28N4O2/c1-13-11-15(22-17-13)12-19(4)16(21)6-5-14(2)20-9-7-18(3)8-10-20/h11,14H,5-10,12H2,1-4H3/t14-/m1/s1. The molecule has 22 heavy (non-hydrogen) atoms. The van der Waals surface area contributed by atoms with Crippen LogP contribution in [-0.4, -0.2) is 72.1 Å². The van der Waals surface area contributed by atoms with E-state index in [0.29, 0.717) is 19.0 Å². The van der Waals surface area contributed by atoms with Crippen LogP contribution in [0.1, 0.15) is 31.2 Å². The zero-order chi connectivity index (χ0) is 16.1. The Morgan fingerprint density at radius 2 is 2.09 bits per heavy atom. The van der Waals surface area contributed by atoms with Gasteiger partial charge in [0.25, 0.3) is 0 Å². The summed E-state index contributed by atoms with van der Waals surface area (Å²) in [6.45, 7) is 9.01. The van der Waals surface area contributed by atoms with E-state index in [1.54, 1.807) is 4.90 Å². The highest BCUT2D eigenvalue weighted by Gasteiger charge is 2.20. The average Bonchev–Trinajstić information content (AvgIpc) is 2.90. The van der Waals surface area contributed by atoms with Crippen LogP contribution in [0, 0.1) is 6.92 Å². The van der Waals surface area contributed by atoms with Gasteiger partial charge in [-0.15, -0.1) is 0 Å². The summed E-state index contributed by atoms with van der Waals surface area (Å²) >= 11 is 0. The van der Waals surface area contributed by atoms with E-state index in [9.17, 15) is 4.79 Å². The fraction of sp³-hybridized carbons (Fsp3) is 0.750. The van der Waals surface area contributed by atoms with Gasteiger partial charge in [0, 0.05) is 51.8 Å². The normalized spacial score (nSPS) is 18.4. The smallest absolute Gasteiger partial charge is 0.222 e. The van der Waals surface area contributed by atoms with Crippen LogP contribution in [0.15, 0.2) is 10.6 Å². The van der Waals surface area contributed by atoms with Crippen molar-refractivity contribution in [2.75, 3.05) is 40.3 Å². The lowest BCUT2D eigenvalue weighted by atomic mass is 10.1. The minimum Gasteiger partial charge on any atom is -0.359 e. The van der Waals surface area contributed by atoms with Crippen molar-refractivity contribution < 1.29 is 9.32 Å². The molecule has 0 N–H and O–H groups in total. The lowest BCUT2D eigenvalue weighted by Crippen LogP contribution is -2.48. The first kappa shape index (κ1) is 17.0. The Labute approximate surface area is 133 Å². The molecule has 0 aromatic carbocycles. The minimum absolute atomic E-state index is 0.162. The molecule has 1 atom stereocenters. The van der Waals surface area contributed by atoms with Crippen LogP contribution >= 0.6 is 0 Å². The molecule has 1 aromatic heterocycles. The summed E-state index contributed by atoms with van der Waals surface area (Å²) < 4.78 is 5.16. The first-order chi connectivity index (χ1) is 10.5. The minimum atomic E-state index is 0.162. The van der Waals surface area contributed by atoms with Crippen molar-refractivity contribution in [2.45, 2.75) is 39.3 Å². The van der Waals surface area contributed by atoms with E-state index in [2.05, 4.69) is 28.9 Å². The molecule has 6 heteroatoms. The van der Waals surface area contributed by atoms with Gasteiger partial charge >= 0.3 is 0 Å². The number of piperazine rings is 1. The molecule has 0 saturated carbocycles. The molecular weight excluding hydrogens is 280 g/mol. The van der Waals surface area contributed by atoms with Gasteiger partial charge in [-0.3, -0.25) is 9.69 Å². The Bertz CT molecular complexity index is 480. The maximum absolute atomic E-state index is 12.2. The van der Waals surface area contributed by atoms with Crippen molar-refractivity contribution in [3.05, 3.63) is 17.5 Å². The molecular formula is C16H28N4O2. The van der Waals surface area contributed by atoms with Crippen LogP contribution < -0.4 is 0 Å². The second kappa shape index (κ2) is 7.74. The van der Waals surface area contributed by atoms with Crippen molar-refractivity contribution in [1.29, 1.82) is 0 Å². The van der Waals surface area contributed by atoms with Gasteiger partial charge in [-0.25, -0.2) is 0 Å². The van der Waals surface area contributed by atoms with Gasteiger partial charge in [0.1, 0.15) is 0 Å². The Hall–Kier alpha value is -1.40. The molecule has 1 saturated heterocycles. The first-order valence-electron chi connectivity index (χ1n) is 8.04. The van der Waals surface area contributed by atoms with Crippen molar-refractivity contribution >= 4 is 5.91 Å². The van der Waals surface area contributed by atoms with E-state index in [1.807, 2.05) is 20.0 Å². The fourth-order valence-electron chi connectivity index (χ4n) is 2.78.